The number of nitro groups is 1. The first-order chi connectivity index (χ1) is 20.0. The molecular weight excluding hydrogens is 510 g/mol. The van der Waals surface area contributed by atoms with Crippen LogP contribution in [-0.2, 0) is 6.42 Å². The third-order valence-electron chi connectivity index (χ3n) is 7.97. The summed E-state index contributed by atoms with van der Waals surface area (Å²) in [5.41, 5.74) is 5.47. The Labute approximate surface area is 237 Å². The number of carbonyl (C=O) groups is 1. The van der Waals surface area contributed by atoms with Gasteiger partial charge >= 0.3 is 0 Å². The largest absolute Gasteiger partial charge is 0.360 e. The van der Waals surface area contributed by atoms with Gasteiger partial charge in [0.1, 0.15) is 0 Å². The monoisotopic (exact) mass is 539 g/mol. The standard InChI is InChI=1S/C26H21NO3.C9H8N2/c1-16-10-12-22(26(28)23-8-4-5-9-24(23)27(29)30)21-15-14-19-18-7-3-2-6-17(18)11-13-20(19)25(16)21;1-2-4-9-8(3-1)7-10-5-6-11-9/h2-9,11,14-16H,10,12-13H2,1H3;1-7,11H. The Hall–Kier alpha value is -5.10. The lowest BCUT2D eigenvalue weighted by Gasteiger charge is -2.25. The zero-order valence-electron chi connectivity index (χ0n) is 22.7. The third kappa shape index (κ3) is 5.00. The van der Waals surface area contributed by atoms with E-state index in [0.717, 1.165) is 29.3 Å². The fourth-order valence-electron chi connectivity index (χ4n) is 5.99. The van der Waals surface area contributed by atoms with Crippen LogP contribution in [0.4, 0.5) is 11.4 Å². The molecule has 0 saturated heterocycles. The van der Waals surface area contributed by atoms with E-state index in [4.69, 9.17) is 0 Å². The summed E-state index contributed by atoms with van der Waals surface area (Å²) in [6, 6.07) is 26.9. The Bertz CT molecular complexity index is 1970. The number of nitrogens with zero attached hydrogens (tertiary/aromatic N) is 2. The van der Waals surface area contributed by atoms with E-state index in [1.54, 1.807) is 24.4 Å². The third-order valence-corrected chi connectivity index (χ3v) is 7.97. The second-order valence-corrected chi connectivity index (χ2v) is 10.4. The summed E-state index contributed by atoms with van der Waals surface area (Å²) < 4.78 is 0. The van der Waals surface area contributed by atoms with Gasteiger partial charge in [0.25, 0.3) is 5.69 Å². The van der Waals surface area contributed by atoms with Crippen LogP contribution in [0.15, 0.2) is 102 Å². The SMILES string of the molecule is C1=CNc2ccccc2C=N1.CC1CCC(C(=O)c2ccccc2[N+](=O)[O-])=c2ccc3c(c21)CC=c1ccccc1=3. The number of benzene rings is 4. The maximum atomic E-state index is 13.4. The number of ketones is 1. The molecule has 41 heavy (non-hydrogen) atoms. The molecule has 0 radical (unpaired) electrons. The number of nitro benzene ring substituents is 1. The van der Waals surface area contributed by atoms with Gasteiger partial charge in [0, 0.05) is 41.5 Å². The summed E-state index contributed by atoms with van der Waals surface area (Å²) >= 11 is 0. The fourth-order valence-corrected chi connectivity index (χ4v) is 5.99. The van der Waals surface area contributed by atoms with Crippen LogP contribution in [0, 0.1) is 20.6 Å². The molecule has 2 aliphatic carbocycles. The highest BCUT2D eigenvalue weighted by Crippen LogP contribution is 2.32. The average molecular weight is 540 g/mol. The van der Waals surface area contributed by atoms with E-state index in [2.05, 4.69) is 53.6 Å². The van der Waals surface area contributed by atoms with Gasteiger partial charge in [-0.3, -0.25) is 19.9 Å². The molecule has 1 aliphatic heterocycles. The van der Waals surface area contributed by atoms with Crippen LogP contribution in [0.2, 0.25) is 0 Å². The van der Waals surface area contributed by atoms with Crippen LogP contribution < -0.4 is 15.8 Å². The van der Waals surface area contributed by atoms with E-state index >= 15 is 0 Å². The van der Waals surface area contributed by atoms with Gasteiger partial charge in [-0.15, -0.1) is 0 Å². The lowest BCUT2D eigenvalue weighted by atomic mass is 9.78. The smallest absolute Gasteiger partial charge is 0.280 e. The zero-order chi connectivity index (χ0) is 28.3. The van der Waals surface area contributed by atoms with Crippen LogP contribution >= 0.6 is 0 Å². The molecule has 1 atom stereocenters. The highest BCUT2D eigenvalue weighted by molar-refractivity contribution is 6.26. The second-order valence-electron chi connectivity index (χ2n) is 10.4. The van der Waals surface area contributed by atoms with Crippen molar-refractivity contribution in [3.8, 4) is 0 Å². The first kappa shape index (κ1) is 26.1. The van der Waals surface area contributed by atoms with Crippen LogP contribution in [0.3, 0.4) is 0 Å². The predicted octanol–water partition coefficient (Wildman–Crippen LogP) is 6.15. The maximum absolute atomic E-state index is 13.4. The number of hydrogen-bond donors (Lipinski definition) is 1. The molecule has 6 heteroatoms. The summed E-state index contributed by atoms with van der Waals surface area (Å²) in [6.45, 7) is 2.21. The van der Waals surface area contributed by atoms with Crippen LogP contribution in [0.5, 0.6) is 0 Å². The minimum atomic E-state index is -0.473. The number of anilines is 1. The lowest BCUT2D eigenvalue weighted by Crippen LogP contribution is -2.27. The van der Waals surface area contributed by atoms with E-state index in [9.17, 15) is 14.9 Å². The number of carbonyl (C=O) groups excluding carboxylic acids is 1. The number of hydrogen-bond acceptors (Lipinski definition) is 5. The summed E-state index contributed by atoms with van der Waals surface area (Å²) in [5.74, 6) is 0.117. The number of Topliss-reactive ketones (excluding diaryl/α,β-unsaturated/α-hetero) is 1. The Kier molecular flexibility index (Phi) is 7.13. The maximum Gasteiger partial charge on any atom is 0.280 e. The summed E-state index contributed by atoms with van der Waals surface area (Å²) in [5, 5.41) is 19.2. The Balaban J connectivity index is 0.000000229. The van der Waals surface area contributed by atoms with E-state index in [0.29, 0.717) is 17.9 Å². The van der Waals surface area contributed by atoms with E-state index in [1.165, 1.54) is 32.8 Å². The summed E-state index contributed by atoms with van der Waals surface area (Å²) in [6.07, 6.45) is 9.99. The van der Waals surface area contributed by atoms with Crippen molar-refractivity contribution in [1.29, 1.82) is 0 Å². The van der Waals surface area contributed by atoms with E-state index in [-0.39, 0.29) is 17.0 Å². The molecule has 0 bridgehead atoms. The molecular formula is C35H29N3O3. The average Bonchev–Trinajstić information content (AvgIpc) is 3.26. The first-order valence-corrected chi connectivity index (χ1v) is 13.8. The second kappa shape index (κ2) is 11.2. The molecule has 1 N–H and O–H groups in total. The van der Waals surface area contributed by atoms with Gasteiger partial charge in [0.05, 0.1) is 10.5 Å². The molecule has 6 nitrogen and oxygen atoms in total. The van der Waals surface area contributed by atoms with E-state index < -0.39 is 4.92 Å². The van der Waals surface area contributed by atoms with Crippen molar-refractivity contribution in [3.63, 3.8) is 0 Å². The minimum Gasteiger partial charge on any atom is -0.360 e. The normalized spacial score (nSPS) is 15.8. The Morgan fingerprint density at radius 2 is 1.68 bits per heavy atom. The molecule has 0 amide bonds. The van der Waals surface area contributed by atoms with Gasteiger partial charge in [-0.05, 0) is 69.3 Å². The topological polar surface area (TPSA) is 84.6 Å². The van der Waals surface area contributed by atoms with Crippen LogP contribution in [0.25, 0.3) is 11.6 Å². The van der Waals surface area contributed by atoms with Gasteiger partial charge in [0.15, 0.2) is 5.78 Å². The zero-order valence-corrected chi connectivity index (χ0v) is 22.7. The van der Waals surface area contributed by atoms with Gasteiger partial charge in [-0.2, -0.15) is 0 Å². The van der Waals surface area contributed by atoms with Crippen molar-refractivity contribution in [2.24, 2.45) is 4.99 Å². The molecule has 0 spiro atoms. The van der Waals surface area contributed by atoms with Crippen LogP contribution in [-0.4, -0.2) is 16.9 Å². The highest BCUT2D eigenvalue weighted by Gasteiger charge is 2.28. The van der Waals surface area contributed by atoms with Gasteiger partial charge < -0.3 is 5.32 Å². The Morgan fingerprint density at radius 3 is 2.56 bits per heavy atom. The van der Waals surface area contributed by atoms with Crippen molar-refractivity contribution in [2.45, 2.75) is 32.1 Å². The molecule has 3 aliphatic rings. The molecule has 0 fully saturated rings. The fraction of sp³-hybridized carbons (Fsp3) is 0.143. The predicted molar refractivity (Wildman–Crippen MR) is 163 cm³/mol. The van der Waals surface area contributed by atoms with Crippen molar-refractivity contribution in [1.82, 2.24) is 0 Å². The molecule has 1 heterocycles. The van der Waals surface area contributed by atoms with Crippen molar-refractivity contribution in [3.05, 3.63) is 151 Å². The number of fused-ring (bicyclic) bond motifs is 5. The quantitative estimate of drug-likeness (QED) is 0.192. The molecule has 4 aromatic carbocycles. The number of rotatable bonds is 3. The molecule has 0 saturated carbocycles. The molecule has 7 rings (SSSR count). The first-order valence-electron chi connectivity index (χ1n) is 13.8. The highest BCUT2D eigenvalue weighted by atomic mass is 16.6. The van der Waals surface area contributed by atoms with Gasteiger partial charge in [-0.1, -0.05) is 79.7 Å². The number of nitrogens with one attached hydrogen (secondary N) is 1. The summed E-state index contributed by atoms with van der Waals surface area (Å²) in [7, 11) is 0. The molecule has 4 aromatic rings. The lowest BCUT2D eigenvalue weighted by molar-refractivity contribution is -0.385. The van der Waals surface area contributed by atoms with Gasteiger partial charge in [-0.25, -0.2) is 0 Å². The van der Waals surface area contributed by atoms with Crippen LogP contribution in [0.1, 0.15) is 52.7 Å². The number of aliphatic imine (C=N–C) groups is 1. The van der Waals surface area contributed by atoms with Crippen molar-refractivity contribution in [2.75, 3.05) is 5.32 Å². The Morgan fingerprint density at radius 1 is 0.927 bits per heavy atom. The molecule has 1 unspecified atom stereocenters. The van der Waals surface area contributed by atoms with Crippen molar-refractivity contribution >= 4 is 35.0 Å². The minimum absolute atomic E-state index is 0.129. The molecule has 0 aromatic heterocycles. The van der Waals surface area contributed by atoms with Gasteiger partial charge in [0.2, 0.25) is 0 Å². The van der Waals surface area contributed by atoms with E-state index in [1.807, 2.05) is 42.7 Å². The van der Waals surface area contributed by atoms with Crippen molar-refractivity contribution < 1.29 is 9.72 Å². The summed E-state index contributed by atoms with van der Waals surface area (Å²) in [4.78, 5) is 28.4. The number of para-hydroxylation sites is 2. The molecule has 202 valence electrons.